The summed E-state index contributed by atoms with van der Waals surface area (Å²) in [6, 6.07) is -0.539. The van der Waals surface area contributed by atoms with Crippen LogP contribution in [0.5, 0.6) is 0 Å². The molecule has 0 aromatic heterocycles. The average Bonchev–Trinajstić information content (AvgIpc) is 3.63. The number of ether oxygens (including phenoxy) is 1. The zero-order valence-corrected chi connectivity index (χ0v) is 61.0. The summed E-state index contributed by atoms with van der Waals surface area (Å²) in [5.74, 6) is 0.000137. The lowest BCUT2D eigenvalue weighted by atomic mass is 10.0. The van der Waals surface area contributed by atoms with Gasteiger partial charge >= 0.3 is 5.97 Å². The maximum Gasteiger partial charge on any atom is 0.305 e. The van der Waals surface area contributed by atoms with Gasteiger partial charge in [0.25, 0.3) is 0 Å². The molecule has 0 aliphatic rings. The van der Waals surface area contributed by atoms with Gasteiger partial charge in [0.15, 0.2) is 0 Å². The molecule has 0 heterocycles. The Labute approximate surface area is 559 Å². The van der Waals surface area contributed by atoms with Crippen molar-refractivity contribution in [3.8, 4) is 0 Å². The Balaban J connectivity index is 3.32. The monoisotopic (exact) mass is 1250 g/mol. The molecule has 0 saturated carbocycles. The molecule has 530 valence electrons. The first-order valence-corrected chi connectivity index (χ1v) is 41.4. The fraction of sp³-hybridized carbons (Fsp3) is 0.952. The number of nitrogens with one attached hydrogen (secondary N) is 1. The van der Waals surface area contributed by atoms with Gasteiger partial charge in [0.05, 0.1) is 25.4 Å². The maximum atomic E-state index is 12.6. The van der Waals surface area contributed by atoms with E-state index in [0.717, 1.165) is 38.5 Å². The predicted octanol–water partition coefficient (Wildman–Crippen LogP) is 27.4. The van der Waals surface area contributed by atoms with Gasteiger partial charge in [0, 0.05) is 12.8 Å². The minimum Gasteiger partial charge on any atom is -0.466 e. The van der Waals surface area contributed by atoms with Crippen LogP contribution in [0, 0.1) is 0 Å². The fourth-order valence-electron chi connectivity index (χ4n) is 13.5. The van der Waals surface area contributed by atoms with Gasteiger partial charge in [-0.3, -0.25) is 9.59 Å². The molecule has 0 radical (unpaired) electrons. The first kappa shape index (κ1) is 87.6. The number of amides is 1. The van der Waals surface area contributed by atoms with Crippen LogP contribution in [0.1, 0.15) is 483 Å². The Morgan fingerprint density at radius 3 is 0.798 bits per heavy atom. The third-order valence-electron chi connectivity index (χ3n) is 19.8. The van der Waals surface area contributed by atoms with Crippen LogP contribution >= 0.6 is 0 Å². The zero-order chi connectivity index (χ0) is 64.2. The van der Waals surface area contributed by atoms with Gasteiger partial charge < -0.3 is 20.3 Å². The minimum absolute atomic E-state index is 0.0263. The van der Waals surface area contributed by atoms with E-state index in [1.54, 1.807) is 0 Å². The SMILES string of the molecule is CCCCCCCCCCCCCCCCCCCCCC(=O)OCCCCCCCCCCCCCCCC/C=C\CCCCCCCCCCCCCCCCCCCC(=O)NC(CO)C(O)CCCCCCCCCCCCCCCCCCCC. The second-order valence-corrected chi connectivity index (χ2v) is 28.8. The maximum absolute atomic E-state index is 12.6. The van der Waals surface area contributed by atoms with Crippen LogP contribution in [0.4, 0.5) is 0 Å². The summed E-state index contributed by atoms with van der Waals surface area (Å²) in [4.78, 5) is 24.7. The number of aliphatic hydroxyl groups excluding tert-OH is 2. The normalized spacial score (nSPS) is 12.4. The number of esters is 1. The summed E-state index contributed by atoms with van der Waals surface area (Å²) in [5.41, 5.74) is 0. The lowest BCUT2D eigenvalue weighted by molar-refractivity contribution is -0.143. The Bertz CT molecular complexity index is 1350. The standard InChI is InChI=1S/C83H163NO5/c1-3-5-7-9-11-13-15-17-19-21-40-45-49-53-57-61-65-69-73-77-83(88)89-78-74-70-66-62-58-54-50-46-42-39-37-35-33-31-29-27-25-23-24-26-28-30-32-34-36-38-41-44-48-52-56-60-64-68-72-76-82(87)84-80(79-85)81(86)75-71-67-63-59-55-51-47-43-22-20-18-16-14-12-10-8-6-4-2/h25,27,80-81,85-86H,3-24,26,28-79H2,1-2H3,(H,84,87)/b27-25-. The van der Waals surface area contributed by atoms with Crippen molar-refractivity contribution in [3.63, 3.8) is 0 Å². The number of hydrogen-bond acceptors (Lipinski definition) is 5. The minimum atomic E-state index is -0.662. The van der Waals surface area contributed by atoms with Gasteiger partial charge in [-0.2, -0.15) is 0 Å². The highest BCUT2D eigenvalue weighted by molar-refractivity contribution is 5.76. The van der Waals surface area contributed by atoms with Crippen molar-refractivity contribution >= 4 is 11.9 Å². The number of carbonyl (C=O) groups is 2. The van der Waals surface area contributed by atoms with Crippen molar-refractivity contribution in [1.82, 2.24) is 5.32 Å². The van der Waals surface area contributed by atoms with Crippen LogP contribution < -0.4 is 5.32 Å². The van der Waals surface area contributed by atoms with Gasteiger partial charge in [-0.1, -0.05) is 431 Å². The topological polar surface area (TPSA) is 95.9 Å². The van der Waals surface area contributed by atoms with E-state index in [2.05, 4.69) is 31.3 Å². The molecule has 6 heteroatoms. The third-order valence-corrected chi connectivity index (χ3v) is 19.8. The van der Waals surface area contributed by atoms with E-state index in [-0.39, 0.29) is 18.5 Å². The lowest BCUT2D eigenvalue weighted by Crippen LogP contribution is -2.45. The van der Waals surface area contributed by atoms with Crippen molar-refractivity contribution in [3.05, 3.63) is 12.2 Å². The molecular weight excluding hydrogens is 1090 g/mol. The molecule has 0 rings (SSSR count). The first-order chi connectivity index (χ1) is 44.0. The Hall–Kier alpha value is -1.40. The number of aliphatic hydroxyl groups is 2. The molecule has 1 amide bonds. The molecule has 0 saturated heterocycles. The Morgan fingerprint density at radius 2 is 0.528 bits per heavy atom. The summed E-state index contributed by atoms with van der Waals surface area (Å²) in [6.07, 6.45) is 100. The summed E-state index contributed by atoms with van der Waals surface area (Å²) in [7, 11) is 0. The number of carbonyl (C=O) groups excluding carboxylic acids is 2. The molecule has 3 N–H and O–H groups in total. The third kappa shape index (κ3) is 75.5. The van der Waals surface area contributed by atoms with E-state index in [1.807, 2.05) is 0 Å². The largest absolute Gasteiger partial charge is 0.466 e. The Kier molecular flexibility index (Phi) is 77.8. The van der Waals surface area contributed by atoms with E-state index >= 15 is 0 Å². The van der Waals surface area contributed by atoms with Gasteiger partial charge in [0.2, 0.25) is 5.91 Å². The van der Waals surface area contributed by atoms with Crippen LogP contribution in [0.2, 0.25) is 0 Å². The number of unbranched alkanes of at least 4 members (excludes halogenated alkanes) is 66. The number of rotatable bonds is 79. The summed E-state index contributed by atoms with van der Waals surface area (Å²) < 4.78 is 5.52. The zero-order valence-electron chi connectivity index (χ0n) is 61.0. The molecule has 0 aliphatic carbocycles. The van der Waals surface area contributed by atoms with Gasteiger partial charge in [-0.15, -0.1) is 0 Å². The van der Waals surface area contributed by atoms with E-state index in [0.29, 0.717) is 25.9 Å². The highest BCUT2D eigenvalue weighted by Crippen LogP contribution is 2.21. The second kappa shape index (κ2) is 79.0. The predicted molar refractivity (Wildman–Crippen MR) is 394 cm³/mol. The van der Waals surface area contributed by atoms with Crippen LogP contribution in [0.25, 0.3) is 0 Å². The van der Waals surface area contributed by atoms with E-state index in [4.69, 9.17) is 4.74 Å². The van der Waals surface area contributed by atoms with Crippen LogP contribution in [0.3, 0.4) is 0 Å². The molecule has 0 aromatic rings. The number of allylic oxidation sites excluding steroid dienone is 2. The summed E-state index contributed by atoms with van der Waals surface area (Å²) in [6.45, 7) is 5.02. The van der Waals surface area contributed by atoms with E-state index in [1.165, 1.54) is 411 Å². The van der Waals surface area contributed by atoms with Crippen molar-refractivity contribution in [1.29, 1.82) is 0 Å². The highest BCUT2D eigenvalue weighted by Gasteiger charge is 2.20. The van der Waals surface area contributed by atoms with Crippen molar-refractivity contribution in [2.75, 3.05) is 13.2 Å². The lowest BCUT2D eigenvalue weighted by Gasteiger charge is -2.22. The van der Waals surface area contributed by atoms with Crippen LogP contribution in [0.15, 0.2) is 12.2 Å². The number of hydrogen-bond donors (Lipinski definition) is 3. The molecule has 0 aliphatic heterocycles. The van der Waals surface area contributed by atoms with Gasteiger partial charge in [-0.05, 0) is 51.4 Å². The van der Waals surface area contributed by atoms with E-state index < -0.39 is 12.1 Å². The smallest absolute Gasteiger partial charge is 0.305 e. The fourth-order valence-corrected chi connectivity index (χ4v) is 13.5. The molecular formula is C83H163NO5. The highest BCUT2D eigenvalue weighted by atomic mass is 16.5. The Morgan fingerprint density at radius 1 is 0.303 bits per heavy atom. The molecule has 0 bridgehead atoms. The van der Waals surface area contributed by atoms with Crippen LogP contribution in [-0.4, -0.2) is 47.4 Å². The molecule has 89 heavy (non-hydrogen) atoms. The molecule has 2 atom stereocenters. The first-order valence-electron chi connectivity index (χ1n) is 41.4. The van der Waals surface area contributed by atoms with Crippen molar-refractivity contribution in [2.45, 2.75) is 495 Å². The van der Waals surface area contributed by atoms with Crippen molar-refractivity contribution in [2.24, 2.45) is 0 Å². The second-order valence-electron chi connectivity index (χ2n) is 28.8. The average molecular weight is 1260 g/mol. The molecule has 0 spiro atoms. The molecule has 6 nitrogen and oxygen atoms in total. The van der Waals surface area contributed by atoms with Crippen LogP contribution in [-0.2, 0) is 14.3 Å². The van der Waals surface area contributed by atoms with Gasteiger partial charge in [-0.25, -0.2) is 0 Å². The van der Waals surface area contributed by atoms with Gasteiger partial charge in [0.1, 0.15) is 0 Å². The van der Waals surface area contributed by atoms with E-state index in [9.17, 15) is 19.8 Å². The molecule has 0 fully saturated rings. The van der Waals surface area contributed by atoms with Crippen molar-refractivity contribution < 1.29 is 24.5 Å². The molecule has 0 aromatic carbocycles. The quantitative estimate of drug-likeness (QED) is 0.0320. The molecule has 2 unspecified atom stereocenters. The summed E-state index contributed by atoms with van der Waals surface area (Å²) >= 11 is 0. The summed E-state index contributed by atoms with van der Waals surface area (Å²) in [5, 5.41) is 23.4.